The topological polar surface area (TPSA) is 75.3 Å². The molecule has 0 aliphatic carbocycles. The van der Waals surface area contributed by atoms with Crippen molar-refractivity contribution < 1.29 is 17.6 Å². The van der Waals surface area contributed by atoms with Crippen molar-refractivity contribution in [1.29, 1.82) is 0 Å². The molecule has 132 valence electrons. The summed E-state index contributed by atoms with van der Waals surface area (Å²) in [5.41, 5.74) is 0. The number of rotatable bonds is 9. The minimum absolute atomic E-state index is 0. The van der Waals surface area contributed by atoms with Crippen molar-refractivity contribution in [3.8, 4) is 0 Å². The highest BCUT2D eigenvalue weighted by Gasteiger charge is 2.25. The molecule has 0 saturated carbocycles. The van der Waals surface area contributed by atoms with Gasteiger partial charge in [0, 0.05) is 19.5 Å². The minimum atomic E-state index is -3.63. The van der Waals surface area contributed by atoms with Gasteiger partial charge in [-0.2, -0.15) is 0 Å². The standard InChI is InChI=1S/C15H23FN2O3S.ClH/c1-3-8-17-9-10-18-15(19)11-12(2)22(20,21)14-6-4-13(16)5-7-14;/h4-7,12,17H,3,8-11H2,1-2H3,(H,18,19);1H. The number of amides is 1. The highest BCUT2D eigenvalue weighted by molar-refractivity contribution is 7.92. The molecular formula is C15H24ClFN2O3S. The van der Waals surface area contributed by atoms with E-state index in [1.54, 1.807) is 0 Å². The summed E-state index contributed by atoms with van der Waals surface area (Å²) in [5.74, 6) is -0.805. The highest BCUT2D eigenvalue weighted by atomic mass is 35.5. The highest BCUT2D eigenvalue weighted by Crippen LogP contribution is 2.18. The number of nitrogens with one attached hydrogen (secondary N) is 2. The molecule has 5 nitrogen and oxygen atoms in total. The third-order valence-electron chi connectivity index (χ3n) is 3.20. The van der Waals surface area contributed by atoms with E-state index in [1.807, 2.05) is 6.92 Å². The second-order valence-electron chi connectivity index (χ2n) is 5.11. The maximum absolute atomic E-state index is 12.8. The predicted molar refractivity (Wildman–Crippen MR) is 91.1 cm³/mol. The van der Waals surface area contributed by atoms with Crippen LogP contribution in [0.2, 0.25) is 0 Å². The number of sulfone groups is 1. The Balaban J connectivity index is 0.00000484. The van der Waals surface area contributed by atoms with Crippen LogP contribution in [-0.2, 0) is 14.6 Å². The van der Waals surface area contributed by atoms with E-state index in [0.29, 0.717) is 13.1 Å². The van der Waals surface area contributed by atoms with E-state index >= 15 is 0 Å². The fourth-order valence-corrected chi connectivity index (χ4v) is 3.24. The van der Waals surface area contributed by atoms with Crippen LogP contribution in [0.3, 0.4) is 0 Å². The Morgan fingerprint density at radius 2 is 1.78 bits per heavy atom. The molecule has 0 saturated heterocycles. The van der Waals surface area contributed by atoms with Gasteiger partial charge in [-0.05, 0) is 44.2 Å². The van der Waals surface area contributed by atoms with Crippen LogP contribution in [0.4, 0.5) is 4.39 Å². The average molecular weight is 367 g/mol. The summed E-state index contributed by atoms with van der Waals surface area (Å²) < 4.78 is 37.4. The lowest BCUT2D eigenvalue weighted by atomic mass is 10.3. The van der Waals surface area contributed by atoms with Gasteiger partial charge in [0.1, 0.15) is 5.82 Å². The Morgan fingerprint density at radius 1 is 1.17 bits per heavy atom. The number of carbonyl (C=O) groups is 1. The normalized spacial score (nSPS) is 12.3. The zero-order chi connectivity index (χ0) is 16.6. The predicted octanol–water partition coefficient (Wildman–Crippen LogP) is 1.92. The monoisotopic (exact) mass is 366 g/mol. The van der Waals surface area contributed by atoms with Gasteiger partial charge in [-0.15, -0.1) is 12.4 Å². The van der Waals surface area contributed by atoms with E-state index in [9.17, 15) is 17.6 Å². The molecule has 1 rings (SSSR count). The molecule has 1 aromatic rings. The van der Waals surface area contributed by atoms with Crippen LogP contribution in [0.15, 0.2) is 29.2 Å². The first-order valence-electron chi connectivity index (χ1n) is 7.34. The lowest BCUT2D eigenvalue weighted by Gasteiger charge is -2.13. The Morgan fingerprint density at radius 3 is 2.35 bits per heavy atom. The Kier molecular flexibility index (Phi) is 10.0. The Labute approximate surface area is 143 Å². The molecule has 23 heavy (non-hydrogen) atoms. The second-order valence-corrected chi connectivity index (χ2v) is 7.48. The molecule has 0 spiro atoms. The quantitative estimate of drug-likeness (QED) is 0.517. The number of carbonyl (C=O) groups excluding carboxylic acids is 1. The van der Waals surface area contributed by atoms with Crippen molar-refractivity contribution >= 4 is 28.2 Å². The van der Waals surface area contributed by atoms with Gasteiger partial charge < -0.3 is 10.6 Å². The van der Waals surface area contributed by atoms with E-state index < -0.39 is 20.9 Å². The first-order valence-corrected chi connectivity index (χ1v) is 8.89. The summed E-state index contributed by atoms with van der Waals surface area (Å²) in [5, 5.41) is 4.96. The smallest absolute Gasteiger partial charge is 0.221 e. The van der Waals surface area contributed by atoms with Gasteiger partial charge in [0.15, 0.2) is 9.84 Å². The Hall–Kier alpha value is -1.18. The van der Waals surface area contributed by atoms with E-state index in [-0.39, 0.29) is 29.6 Å². The molecule has 0 bridgehead atoms. The van der Waals surface area contributed by atoms with Crippen LogP contribution in [0.1, 0.15) is 26.7 Å². The van der Waals surface area contributed by atoms with Crippen LogP contribution in [-0.4, -0.2) is 39.2 Å². The molecular weight excluding hydrogens is 343 g/mol. The molecule has 1 amide bonds. The van der Waals surface area contributed by atoms with E-state index in [2.05, 4.69) is 10.6 Å². The Bertz CT molecular complexity index is 579. The van der Waals surface area contributed by atoms with E-state index in [0.717, 1.165) is 25.1 Å². The fraction of sp³-hybridized carbons (Fsp3) is 0.533. The molecule has 8 heteroatoms. The molecule has 0 radical (unpaired) electrons. The van der Waals surface area contributed by atoms with Gasteiger partial charge >= 0.3 is 0 Å². The molecule has 1 unspecified atom stereocenters. The summed E-state index contributed by atoms with van der Waals surface area (Å²) >= 11 is 0. The fourth-order valence-electron chi connectivity index (χ4n) is 1.89. The largest absolute Gasteiger partial charge is 0.355 e. The van der Waals surface area contributed by atoms with Crippen LogP contribution in [0, 0.1) is 5.82 Å². The number of hydrogen-bond donors (Lipinski definition) is 2. The first kappa shape index (κ1) is 21.8. The zero-order valence-corrected chi connectivity index (χ0v) is 15.0. The summed E-state index contributed by atoms with van der Waals surface area (Å²) in [7, 11) is -3.63. The molecule has 0 fully saturated rings. The summed E-state index contributed by atoms with van der Waals surface area (Å²) in [4.78, 5) is 11.8. The van der Waals surface area contributed by atoms with E-state index in [1.165, 1.54) is 19.1 Å². The molecule has 1 atom stereocenters. The van der Waals surface area contributed by atoms with Crippen molar-refractivity contribution in [2.24, 2.45) is 0 Å². The van der Waals surface area contributed by atoms with Gasteiger partial charge in [0.2, 0.25) is 5.91 Å². The molecule has 0 aromatic heterocycles. The van der Waals surface area contributed by atoms with Gasteiger partial charge in [0.05, 0.1) is 10.1 Å². The van der Waals surface area contributed by atoms with Gasteiger partial charge in [-0.1, -0.05) is 6.92 Å². The minimum Gasteiger partial charge on any atom is -0.355 e. The lowest BCUT2D eigenvalue weighted by molar-refractivity contribution is -0.121. The van der Waals surface area contributed by atoms with Crippen LogP contribution >= 0.6 is 12.4 Å². The van der Waals surface area contributed by atoms with Crippen molar-refractivity contribution in [2.75, 3.05) is 19.6 Å². The molecule has 0 aliphatic heterocycles. The molecule has 0 aliphatic rings. The number of benzene rings is 1. The maximum atomic E-state index is 12.8. The van der Waals surface area contributed by atoms with Crippen molar-refractivity contribution in [3.05, 3.63) is 30.1 Å². The maximum Gasteiger partial charge on any atom is 0.221 e. The van der Waals surface area contributed by atoms with Crippen LogP contribution in [0.5, 0.6) is 0 Å². The van der Waals surface area contributed by atoms with Gasteiger partial charge in [-0.25, -0.2) is 12.8 Å². The van der Waals surface area contributed by atoms with Crippen molar-refractivity contribution in [2.45, 2.75) is 36.8 Å². The van der Waals surface area contributed by atoms with Gasteiger partial charge in [-0.3, -0.25) is 4.79 Å². The molecule has 0 heterocycles. The zero-order valence-electron chi connectivity index (χ0n) is 13.3. The number of halogens is 2. The SMILES string of the molecule is CCCNCCNC(=O)CC(C)S(=O)(=O)c1ccc(F)cc1.Cl. The molecule has 1 aromatic carbocycles. The first-order chi connectivity index (χ1) is 10.4. The van der Waals surface area contributed by atoms with Crippen LogP contribution < -0.4 is 10.6 Å². The number of hydrogen-bond acceptors (Lipinski definition) is 4. The average Bonchev–Trinajstić information content (AvgIpc) is 2.47. The van der Waals surface area contributed by atoms with Crippen LogP contribution in [0.25, 0.3) is 0 Å². The summed E-state index contributed by atoms with van der Waals surface area (Å²) in [6.45, 7) is 5.52. The third kappa shape index (κ3) is 7.28. The van der Waals surface area contributed by atoms with E-state index in [4.69, 9.17) is 0 Å². The summed E-state index contributed by atoms with van der Waals surface area (Å²) in [6, 6.07) is 4.62. The second kappa shape index (κ2) is 10.6. The lowest BCUT2D eigenvalue weighted by Crippen LogP contribution is -2.34. The summed E-state index contributed by atoms with van der Waals surface area (Å²) in [6.07, 6.45) is 0.897. The van der Waals surface area contributed by atoms with Crippen molar-refractivity contribution in [3.63, 3.8) is 0 Å². The molecule has 2 N–H and O–H groups in total. The van der Waals surface area contributed by atoms with Crippen molar-refractivity contribution in [1.82, 2.24) is 10.6 Å². The van der Waals surface area contributed by atoms with Gasteiger partial charge in [0.25, 0.3) is 0 Å². The third-order valence-corrected chi connectivity index (χ3v) is 5.35.